The second-order valence-corrected chi connectivity index (χ2v) is 9.85. The minimum atomic E-state index is -0.166. The number of nitrogens with zero attached hydrogens (tertiary/aromatic N) is 3. The molecule has 6 nitrogen and oxygen atoms in total. The lowest BCUT2D eigenvalue weighted by Gasteiger charge is -2.44. The van der Waals surface area contributed by atoms with E-state index in [0.717, 1.165) is 69.7 Å². The fraction of sp³-hybridized carbons (Fsp3) is 0.481. The third kappa shape index (κ3) is 4.82. The third-order valence-electron chi connectivity index (χ3n) is 8.09. The van der Waals surface area contributed by atoms with Crippen molar-refractivity contribution in [2.24, 2.45) is 5.92 Å². The largest absolute Gasteiger partial charge is 0.375 e. The van der Waals surface area contributed by atoms with Crippen LogP contribution >= 0.6 is 24.8 Å². The zero-order valence-corrected chi connectivity index (χ0v) is 21.5. The van der Waals surface area contributed by atoms with Gasteiger partial charge in [0.2, 0.25) is 5.91 Å². The molecule has 1 saturated carbocycles. The number of hydrogen-bond donors (Lipinski definition) is 1. The van der Waals surface area contributed by atoms with Crippen molar-refractivity contribution in [3.63, 3.8) is 0 Å². The number of piperidine rings is 1. The number of ether oxygens (including phenoxy) is 1. The number of benzene rings is 1. The van der Waals surface area contributed by atoms with Crippen molar-refractivity contribution in [3.8, 4) is 0 Å². The number of amides is 1. The summed E-state index contributed by atoms with van der Waals surface area (Å²) in [4.78, 5) is 20.6. The van der Waals surface area contributed by atoms with Gasteiger partial charge in [-0.25, -0.2) is 4.98 Å². The van der Waals surface area contributed by atoms with E-state index in [1.807, 2.05) is 12.1 Å². The van der Waals surface area contributed by atoms with E-state index in [0.29, 0.717) is 11.9 Å². The molecular formula is C27H34Cl2N4O2. The molecule has 8 heteroatoms. The van der Waals surface area contributed by atoms with Crippen LogP contribution in [0.25, 0.3) is 5.65 Å². The molecule has 2 saturated heterocycles. The van der Waals surface area contributed by atoms with Gasteiger partial charge >= 0.3 is 0 Å². The quantitative estimate of drug-likeness (QED) is 0.565. The number of halogens is 2. The first-order chi connectivity index (χ1) is 16.2. The maximum Gasteiger partial charge on any atom is 0.225 e. The van der Waals surface area contributed by atoms with Crippen LogP contribution in [0.1, 0.15) is 43.4 Å². The second kappa shape index (κ2) is 10.9. The predicted molar refractivity (Wildman–Crippen MR) is 142 cm³/mol. The third-order valence-corrected chi connectivity index (χ3v) is 8.09. The summed E-state index contributed by atoms with van der Waals surface area (Å²) in [5, 5.41) is 3.57. The van der Waals surface area contributed by atoms with Gasteiger partial charge in [-0.15, -0.1) is 24.8 Å². The van der Waals surface area contributed by atoms with Gasteiger partial charge < -0.3 is 19.4 Å². The molecule has 188 valence electrons. The Hall–Kier alpha value is -2.12. The number of rotatable bonds is 3. The fourth-order valence-electron chi connectivity index (χ4n) is 6.22. The van der Waals surface area contributed by atoms with Gasteiger partial charge in [0.1, 0.15) is 5.65 Å². The van der Waals surface area contributed by atoms with E-state index < -0.39 is 0 Å². The number of hydrogen-bond acceptors (Lipinski definition) is 4. The predicted octanol–water partition coefficient (Wildman–Crippen LogP) is 4.24. The Bertz CT molecular complexity index is 1100. The molecule has 1 aliphatic carbocycles. The Labute approximate surface area is 219 Å². The van der Waals surface area contributed by atoms with Gasteiger partial charge in [-0.3, -0.25) is 4.79 Å². The number of morpholine rings is 1. The van der Waals surface area contributed by atoms with Crippen LogP contribution in [-0.4, -0.2) is 58.6 Å². The first-order valence-electron chi connectivity index (χ1n) is 12.4. The molecule has 2 aliphatic heterocycles. The molecule has 35 heavy (non-hydrogen) atoms. The molecule has 3 aromatic rings. The Morgan fingerprint density at radius 3 is 2.57 bits per heavy atom. The fourth-order valence-corrected chi connectivity index (χ4v) is 6.22. The molecule has 1 amide bonds. The van der Waals surface area contributed by atoms with E-state index in [1.165, 1.54) is 5.56 Å². The number of aromatic nitrogens is 2. The van der Waals surface area contributed by atoms with Crippen LogP contribution in [0.5, 0.6) is 0 Å². The molecule has 1 N–H and O–H groups in total. The highest BCUT2D eigenvalue weighted by Crippen LogP contribution is 2.42. The Kier molecular flexibility index (Phi) is 8.06. The lowest BCUT2D eigenvalue weighted by molar-refractivity contribution is -0.140. The standard InChI is InChI=1S/C27H32N4O2.2ClH/c32-26(20-9-10-23-22(18-20)28-13-17-33-23)30-15-11-27(12-16-30,21-6-2-1-3-7-21)24-19-31-14-5-4-8-25(31)29-24;;/h1-8,14,19-20,22-23,28H,9-13,15-18H2;2*1H/t20-,22+,23+;;/m0../s1. The molecule has 0 spiro atoms. The van der Waals surface area contributed by atoms with Gasteiger partial charge in [-0.1, -0.05) is 36.4 Å². The summed E-state index contributed by atoms with van der Waals surface area (Å²) in [6, 6.07) is 17.2. The SMILES string of the molecule is Cl.Cl.O=C([C@H]1CC[C@H]2OCCN[C@@H]2C1)N1CCC(c2ccccc2)(c2cn3ccccc3n2)CC1. The summed E-state index contributed by atoms with van der Waals surface area (Å²) in [5.74, 6) is 0.442. The van der Waals surface area contributed by atoms with Crippen LogP contribution in [0, 0.1) is 5.92 Å². The van der Waals surface area contributed by atoms with Crippen LogP contribution in [0.4, 0.5) is 0 Å². The molecule has 3 atom stereocenters. The van der Waals surface area contributed by atoms with Crippen molar-refractivity contribution < 1.29 is 9.53 Å². The average molecular weight is 518 g/mol. The van der Waals surface area contributed by atoms with E-state index in [-0.39, 0.29) is 42.3 Å². The number of carbonyl (C=O) groups is 1. The molecule has 6 rings (SSSR count). The minimum Gasteiger partial charge on any atom is -0.375 e. The molecule has 3 aliphatic rings. The van der Waals surface area contributed by atoms with E-state index in [1.54, 1.807) is 0 Å². The van der Waals surface area contributed by atoms with E-state index in [9.17, 15) is 4.79 Å². The van der Waals surface area contributed by atoms with Crippen molar-refractivity contribution in [1.29, 1.82) is 0 Å². The summed E-state index contributed by atoms with van der Waals surface area (Å²) in [6.45, 7) is 3.23. The topological polar surface area (TPSA) is 58.9 Å². The zero-order valence-electron chi connectivity index (χ0n) is 19.8. The summed E-state index contributed by atoms with van der Waals surface area (Å²) in [6.07, 6.45) is 9.13. The zero-order chi connectivity index (χ0) is 22.3. The van der Waals surface area contributed by atoms with Crippen LogP contribution in [-0.2, 0) is 14.9 Å². The van der Waals surface area contributed by atoms with Gasteiger partial charge in [0.05, 0.1) is 18.4 Å². The summed E-state index contributed by atoms with van der Waals surface area (Å²) < 4.78 is 8.02. The van der Waals surface area contributed by atoms with Gasteiger partial charge in [-0.05, 0) is 49.8 Å². The number of carbonyl (C=O) groups excluding carboxylic acids is 1. The van der Waals surface area contributed by atoms with Gasteiger partial charge in [0.15, 0.2) is 0 Å². The molecule has 4 heterocycles. The van der Waals surface area contributed by atoms with Crippen molar-refractivity contribution in [2.75, 3.05) is 26.2 Å². The highest BCUT2D eigenvalue weighted by atomic mass is 35.5. The summed E-state index contributed by atoms with van der Waals surface area (Å²) in [7, 11) is 0. The number of pyridine rings is 1. The smallest absolute Gasteiger partial charge is 0.225 e. The maximum absolute atomic E-state index is 13.5. The first-order valence-corrected chi connectivity index (χ1v) is 12.4. The molecule has 0 radical (unpaired) electrons. The molecule has 1 aromatic carbocycles. The van der Waals surface area contributed by atoms with Gasteiger partial charge in [0.25, 0.3) is 0 Å². The lowest BCUT2D eigenvalue weighted by atomic mass is 9.70. The van der Waals surface area contributed by atoms with Crippen LogP contribution < -0.4 is 5.32 Å². The number of likely N-dealkylation sites (tertiary alicyclic amines) is 1. The highest BCUT2D eigenvalue weighted by Gasteiger charge is 2.43. The monoisotopic (exact) mass is 516 g/mol. The summed E-state index contributed by atoms with van der Waals surface area (Å²) in [5.41, 5.74) is 3.21. The van der Waals surface area contributed by atoms with Crippen molar-refractivity contribution in [3.05, 3.63) is 72.2 Å². The molecular weight excluding hydrogens is 483 g/mol. The maximum atomic E-state index is 13.5. The Balaban J connectivity index is 0.00000144. The molecule has 2 aromatic heterocycles. The highest BCUT2D eigenvalue weighted by molar-refractivity contribution is 5.85. The van der Waals surface area contributed by atoms with Crippen LogP contribution in [0.3, 0.4) is 0 Å². The Morgan fingerprint density at radius 2 is 1.80 bits per heavy atom. The van der Waals surface area contributed by atoms with Crippen LogP contribution in [0.2, 0.25) is 0 Å². The van der Waals surface area contributed by atoms with Gasteiger partial charge in [-0.2, -0.15) is 0 Å². The number of imidazole rings is 1. The van der Waals surface area contributed by atoms with Crippen LogP contribution in [0.15, 0.2) is 60.9 Å². The van der Waals surface area contributed by atoms with E-state index >= 15 is 0 Å². The van der Waals surface area contributed by atoms with E-state index in [4.69, 9.17) is 9.72 Å². The normalized spacial score (nSPS) is 25.7. The summed E-state index contributed by atoms with van der Waals surface area (Å²) >= 11 is 0. The first kappa shape index (κ1) is 26.0. The molecule has 0 unspecified atom stereocenters. The Morgan fingerprint density at radius 1 is 1.03 bits per heavy atom. The molecule has 0 bridgehead atoms. The van der Waals surface area contributed by atoms with Gasteiger partial charge in [0, 0.05) is 49.4 Å². The average Bonchev–Trinajstić information content (AvgIpc) is 3.33. The second-order valence-electron chi connectivity index (χ2n) is 9.85. The lowest BCUT2D eigenvalue weighted by Crippen LogP contribution is -2.54. The van der Waals surface area contributed by atoms with Crippen molar-refractivity contribution >= 4 is 36.4 Å². The van der Waals surface area contributed by atoms with Crippen molar-refractivity contribution in [2.45, 2.75) is 49.7 Å². The van der Waals surface area contributed by atoms with Crippen molar-refractivity contribution in [1.82, 2.24) is 19.6 Å². The molecule has 3 fully saturated rings. The number of nitrogens with one attached hydrogen (secondary N) is 1. The minimum absolute atomic E-state index is 0. The number of fused-ring (bicyclic) bond motifs is 2. The van der Waals surface area contributed by atoms with E-state index in [2.05, 4.69) is 63.4 Å².